The maximum absolute atomic E-state index is 12.7. The molecule has 0 bridgehead atoms. The van der Waals surface area contributed by atoms with Gasteiger partial charge in [0, 0.05) is 30.8 Å². The predicted molar refractivity (Wildman–Crippen MR) is 76.4 cm³/mol. The Morgan fingerprint density at radius 3 is 2.95 bits per heavy atom. The first-order chi connectivity index (χ1) is 10.7. The molecule has 2 N–H and O–H groups in total. The summed E-state index contributed by atoms with van der Waals surface area (Å²) in [6.07, 6.45) is 5.90. The van der Waals surface area contributed by atoms with Crippen molar-refractivity contribution in [1.82, 2.24) is 20.3 Å². The predicted octanol–water partition coefficient (Wildman–Crippen LogP) is 1.63. The van der Waals surface area contributed by atoms with Gasteiger partial charge in [-0.2, -0.15) is 0 Å². The number of ether oxygens (including phenoxy) is 1. The van der Waals surface area contributed by atoms with E-state index in [2.05, 4.69) is 20.3 Å². The van der Waals surface area contributed by atoms with Crippen LogP contribution in [0.2, 0.25) is 0 Å². The number of aromatic nitrogens is 3. The Morgan fingerprint density at radius 2 is 2.32 bits per heavy atom. The molecule has 4 rings (SSSR count). The Bertz CT molecular complexity index is 695. The van der Waals surface area contributed by atoms with E-state index in [0.29, 0.717) is 37.0 Å². The average Bonchev–Trinajstić information content (AvgIpc) is 2.95. The number of hydrogen-bond donors (Lipinski definition) is 2. The van der Waals surface area contributed by atoms with E-state index in [1.807, 2.05) is 6.92 Å². The van der Waals surface area contributed by atoms with Gasteiger partial charge >= 0.3 is 0 Å². The molecule has 2 aliphatic rings. The molecule has 116 valence electrons. The van der Waals surface area contributed by atoms with E-state index in [-0.39, 0.29) is 5.91 Å². The van der Waals surface area contributed by atoms with E-state index in [1.165, 1.54) is 6.39 Å². The number of oxazole rings is 1. The third-order valence-electron chi connectivity index (χ3n) is 4.29. The molecule has 3 heterocycles. The van der Waals surface area contributed by atoms with Crippen LogP contribution in [0.25, 0.3) is 0 Å². The lowest BCUT2D eigenvalue weighted by Crippen LogP contribution is -2.47. The van der Waals surface area contributed by atoms with Crippen molar-refractivity contribution in [3.05, 3.63) is 35.6 Å². The van der Waals surface area contributed by atoms with Crippen LogP contribution in [0.3, 0.4) is 0 Å². The van der Waals surface area contributed by atoms with Gasteiger partial charge in [-0.25, -0.2) is 9.97 Å². The molecular formula is C15H18N4O3. The van der Waals surface area contributed by atoms with Crippen molar-refractivity contribution in [1.29, 1.82) is 0 Å². The highest BCUT2D eigenvalue weighted by Crippen LogP contribution is 2.41. The number of aryl methyl sites for hydroxylation is 1. The molecule has 1 aliphatic heterocycles. The number of carbonyl (C=O) groups excluding carboxylic acids is 1. The number of rotatable bonds is 4. The summed E-state index contributed by atoms with van der Waals surface area (Å²) >= 11 is 0. The smallest absolute Gasteiger partial charge is 0.274 e. The van der Waals surface area contributed by atoms with Gasteiger partial charge in [-0.3, -0.25) is 4.79 Å². The molecule has 1 saturated carbocycles. The van der Waals surface area contributed by atoms with Crippen molar-refractivity contribution in [3.8, 4) is 0 Å². The second kappa shape index (κ2) is 4.95. The fourth-order valence-corrected chi connectivity index (χ4v) is 2.90. The maximum Gasteiger partial charge on any atom is 0.274 e. The van der Waals surface area contributed by atoms with Crippen LogP contribution in [-0.4, -0.2) is 34.1 Å². The van der Waals surface area contributed by atoms with Crippen LogP contribution < -0.4 is 5.32 Å². The van der Waals surface area contributed by atoms with Crippen LogP contribution >= 0.6 is 0 Å². The Balaban J connectivity index is 1.61. The van der Waals surface area contributed by atoms with E-state index in [4.69, 9.17) is 9.15 Å². The molecule has 1 saturated heterocycles. The van der Waals surface area contributed by atoms with Gasteiger partial charge in [-0.05, 0) is 19.8 Å². The second-order valence-electron chi connectivity index (χ2n) is 6.09. The summed E-state index contributed by atoms with van der Waals surface area (Å²) in [4.78, 5) is 24.4. The zero-order valence-corrected chi connectivity index (χ0v) is 12.4. The standard InChI is InChI=1S/C15H18N4O3/c1-9-6-16-14(18-9)15(4-5-21-7-15)19-13(20)11-12(10-2-3-10)22-8-17-11/h6,8,10H,2-5,7H2,1H3,(H,16,18)(H,19,20). The Kier molecular flexibility index (Phi) is 3.04. The molecule has 0 spiro atoms. The van der Waals surface area contributed by atoms with E-state index in [9.17, 15) is 4.79 Å². The molecule has 1 aliphatic carbocycles. The first kappa shape index (κ1) is 13.5. The van der Waals surface area contributed by atoms with Crippen LogP contribution in [0, 0.1) is 6.92 Å². The molecular weight excluding hydrogens is 284 g/mol. The van der Waals surface area contributed by atoms with Crippen LogP contribution in [0.5, 0.6) is 0 Å². The molecule has 1 unspecified atom stereocenters. The molecule has 7 heteroatoms. The topological polar surface area (TPSA) is 93.0 Å². The van der Waals surface area contributed by atoms with Gasteiger partial charge < -0.3 is 19.5 Å². The summed E-state index contributed by atoms with van der Waals surface area (Å²) < 4.78 is 10.9. The molecule has 7 nitrogen and oxygen atoms in total. The summed E-state index contributed by atoms with van der Waals surface area (Å²) in [6, 6.07) is 0. The summed E-state index contributed by atoms with van der Waals surface area (Å²) in [5, 5.41) is 3.07. The lowest BCUT2D eigenvalue weighted by molar-refractivity contribution is 0.0863. The third kappa shape index (κ3) is 2.21. The van der Waals surface area contributed by atoms with E-state index in [1.54, 1.807) is 6.20 Å². The largest absolute Gasteiger partial charge is 0.447 e. The zero-order chi connectivity index (χ0) is 15.2. The number of carbonyl (C=O) groups is 1. The summed E-state index contributed by atoms with van der Waals surface area (Å²) in [5.74, 6) is 1.54. The number of H-pyrrole nitrogens is 1. The van der Waals surface area contributed by atoms with Gasteiger partial charge in [0.05, 0.1) is 6.61 Å². The van der Waals surface area contributed by atoms with Gasteiger partial charge in [-0.15, -0.1) is 0 Å². The van der Waals surface area contributed by atoms with Crippen LogP contribution in [-0.2, 0) is 10.3 Å². The molecule has 1 atom stereocenters. The average molecular weight is 302 g/mol. The Hall–Kier alpha value is -2.15. The molecule has 2 aromatic heterocycles. The molecule has 22 heavy (non-hydrogen) atoms. The van der Waals surface area contributed by atoms with Gasteiger partial charge in [0.2, 0.25) is 0 Å². The van der Waals surface area contributed by atoms with Gasteiger partial charge in [0.15, 0.2) is 12.1 Å². The summed E-state index contributed by atoms with van der Waals surface area (Å²) in [7, 11) is 0. The fraction of sp³-hybridized carbons (Fsp3) is 0.533. The zero-order valence-electron chi connectivity index (χ0n) is 12.4. The minimum Gasteiger partial charge on any atom is -0.447 e. The highest BCUT2D eigenvalue weighted by atomic mass is 16.5. The van der Waals surface area contributed by atoms with Crippen molar-refractivity contribution in [2.75, 3.05) is 13.2 Å². The monoisotopic (exact) mass is 302 g/mol. The van der Waals surface area contributed by atoms with Gasteiger partial charge in [0.25, 0.3) is 5.91 Å². The first-order valence-electron chi connectivity index (χ1n) is 7.54. The van der Waals surface area contributed by atoms with E-state index >= 15 is 0 Å². The quantitative estimate of drug-likeness (QED) is 0.895. The van der Waals surface area contributed by atoms with Crippen molar-refractivity contribution in [2.45, 2.75) is 37.6 Å². The van der Waals surface area contributed by atoms with Crippen LogP contribution in [0.1, 0.15) is 52.9 Å². The molecule has 0 aromatic carbocycles. The highest BCUT2D eigenvalue weighted by Gasteiger charge is 2.42. The maximum atomic E-state index is 12.7. The van der Waals surface area contributed by atoms with Gasteiger partial charge in [0.1, 0.15) is 17.1 Å². The minimum atomic E-state index is -0.620. The minimum absolute atomic E-state index is 0.227. The first-order valence-corrected chi connectivity index (χ1v) is 7.54. The van der Waals surface area contributed by atoms with Crippen LogP contribution in [0.15, 0.2) is 17.0 Å². The normalized spacial score (nSPS) is 24.6. The number of nitrogens with one attached hydrogen (secondary N) is 2. The highest BCUT2D eigenvalue weighted by molar-refractivity contribution is 5.94. The molecule has 2 aromatic rings. The number of amides is 1. The lowest BCUT2D eigenvalue weighted by atomic mass is 9.97. The Labute approximate surface area is 127 Å². The number of aromatic amines is 1. The van der Waals surface area contributed by atoms with Crippen molar-refractivity contribution >= 4 is 5.91 Å². The van der Waals surface area contributed by atoms with Crippen LogP contribution in [0.4, 0.5) is 0 Å². The second-order valence-corrected chi connectivity index (χ2v) is 6.09. The number of hydrogen-bond acceptors (Lipinski definition) is 5. The van der Waals surface area contributed by atoms with Crippen molar-refractivity contribution in [3.63, 3.8) is 0 Å². The number of imidazole rings is 1. The molecule has 0 radical (unpaired) electrons. The Morgan fingerprint density at radius 1 is 1.45 bits per heavy atom. The third-order valence-corrected chi connectivity index (χ3v) is 4.29. The van der Waals surface area contributed by atoms with Crippen molar-refractivity contribution < 1.29 is 13.9 Å². The van der Waals surface area contributed by atoms with E-state index in [0.717, 1.165) is 24.4 Å². The lowest BCUT2D eigenvalue weighted by Gasteiger charge is -2.26. The number of nitrogens with zero attached hydrogens (tertiary/aromatic N) is 2. The molecule has 1 amide bonds. The summed E-state index contributed by atoms with van der Waals surface area (Å²) in [5.41, 5.74) is 0.721. The van der Waals surface area contributed by atoms with Gasteiger partial charge in [-0.1, -0.05) is 0 Å². The van der Waals surface area contributed by atoms with Crippen molar-refractivity contribution in [2.24, 2.45) is 0 Å². The fourth-order valence-electron chi connectivity index (χ4n) is 2.90. The summed E-state index contributed by atoms with van der Waals surface area (Å²) in [6.45, 7) is 2.93. The van der Waals surface area contributed by atoms with E-state index < -0.39 is 5.54 Å². The SMILES string of the molecule is Cc1cnc(C2(NC(=O)c3ncoc3C3CC3)CCOC2)[nH]1. The molecule has 2 fully saturated rings.